The van der Waals surface area contributed by atoms with Crippen LogP contribution in [0.15, 0.2) is 46.4 Å². The fourth-order valence-corrected chi connectivity index (χ4v) is 3.77. The summed E-state index contributed by atoms with van der Waals surface area (Å²) in [6.45, 7) is 4.66. The van der Waals surface area contributed by atoms with Crippen LogP contribution in [0.4, 0.5) is 4.39 Å². The van der Waals surface area contributed by atoms with Gasteiger partial charge < -0.3 is 14.5 Å². The van der Waals surface area contributed by atoms with E-state index in [-0.39, 0.29) is 17.4 Å². The largest absolute Gasteiger partial charge is 0.447 e. The second-order valence-electron chi connectivity index (χ2n) is 6.67. The summed E-state index contributed by atoms with van der Waals surface area (Å²) in [4.78, 5) is 19.8. The minimum Gasteiger partial charge on any atom is -0.447 e. The third-order valence-corrected chi connectivity index (χ3v) is 5.40. The molecule has 0 radical (unpaired) electrons. The van der Waals surface area contributed by atoms with Crippen LogP contribution in [-0.4, -0.2) is 36.1 Å². The summed E-state index contributed by atoms with van der Waals surface area (Å²) in [5, 5.41) is 4.79. The fourth-order valence-electron chi connectivity index (χ4n) is 2.82. The number of aryl methyl sites for hydroxylation is 1. The van der Waals surface area contributed by atoms with Gasteiger partial charge in [0.1, 0.15) is 12.1 Å². The smallest absolute Gasteiger partial charge is 0.273 e. The molecular weight excluding hydrogens is 393 g/mol. The first-order chi connectivity index (χ1) is 14.0. The normalized spacial score (nSPS) is 11.2. The van der Waals surface area contributed by atoms with Crippen LogP contribution >= 0.6 is 11.3 Å². The Bertz CT molecular complexity index is 923. The SMILES string of the molecule is COCCNC(=O)c1coc(CN(Cc2ccc(F)cc2)Cc2sccc2C)n1. The molecule has 154 valence electrons. The molecule has 0 bridgehead atoms. The van der Waals surface area contributed by atoms with E-state index in [1.807, 2.05) is 0 Å². The van der Waals surface area contributed by atoms with Crippen molar-refractivity contribution in [3.05, 3.63) is 75.4 Å². The number of carbonyl (C=O) groups excluding carboxylic acids is 1. The number of rotatable bonds is 10. The van der Waals surface area contributed by atoms with Crippen LogP contribution < -0.4 is 5.32 Å². The minimum absolute atomic E-state index is 0.241. The number of methoxy groups -OCH3 is 1. The van der Waals surface area contributed by atoms with Gasteiger partial charge >= 0.3 is 0 Å². The van der Waals surface area contributed by atoms with Crippen molar-refractivity contribution in [3.63, 3.8) is 0 Å². The van der Waals surface area contributed by atoms with Crippen molar-refractivity contribution in [1.82, 2.24) is 15.2 Å². The molecule has 0 atom stereocenters. The predicted octanol–water partition coefficient (Wildman–Crippen LogP) is 3.76. The van der Waals surface area contributed by atoms with E-state index in [4.69, 9.17) is 9.15 Å². The van der Waals surface area contributed by atoms with Gasteiger partial charge in [0, 0.05) is 31.6 Å². The van der Waals surface area contributed by atoms with Gasteiger partial charge in [0.05, 0.1) is 13.2 Å². The number of halogens is 1. The molecule has 8 heteroatoms. The summed E-state index contributed by atoms with van der Waals surface area (Å²) >= 11 is 1.69. The van der Waals surface area contributed by atoms with Crippen molar-refractivity contribution in [1.29, 1.82) is 0 Å². The van der Waals surface area contributed by atoms with Gasteiger partial charge in [-0.25, -0.2) is 9.37 Å². The summed E-state index contributed by atoms with van der Waals surface area (Å²) in [5.74, 6) is -0.0966. The number of nitrogens with one attached hydrogen (secondary N) is 1. The first-order valence-corrected chi connectivity index (χ1v) is 10.1. The Hall–Kier alpha value is -2.55. The highest BCUT2D eigenvalue weighted by Crippen LogP contribution is 2.21. The lowest BCUT2D eigenvalue weighted by Gasteiger charge is -2.20. The van der Waals surface area contributed by atoms with Gasteiger partial charge in [0.2, 0.25) is 5.89 Å². The molecule has 3 aromatic rings. The zero-order chi connectivity index (χ0) is 20.6. The molecular formula is C21H24FN3O3S. The highest BCUT2D eigenvalue weighted by atomic mass is 32.1. The highest BCUT2D eigenvalue weighted by Gasteiger charge is 2.16. The van der Waals surface area contributed by atoms with Crippen LogP contribution in [0.5, 0.6) is 0 Å². The van der Waals surface area contributed by atoms with Crippen molar-refractivity contribution in [3.8, 4) is 0 Å². The summed E-state index contributed by atoms with van der Waals surface area (Å²) in [7, 11) is 1.57. The molecule has 6 nitrogen and oxygen atoms in total. The van der Waals surface area contributed by atoms with Crippen molar-refractivity contribution in [2.75, 3.05) is 20.3 Å². The number of carbonyl (C=O) groups is 1. The number of oxazole rings is 1. The molecule has 0 aliphatic rings. The summed E-state index contributed by atoms with van der Waals surface area (Å²) in [6, 6.07) is 8.54. The molecule has 3 rings (SSSR count). The number of hydrogen-bond donors (Lipinski definition) is 1. The Morgan fingerprint density at radius 3 is 2.72 bits per heavy atom. The van der Waals surface area contributed by atoms with Gasteiger partial charge in [-0.15, -0.1) is 11.3 Å². The zero-order valence-electron chi connectivity index (χ0n) is 16.5. The zero-order valence-corrected chi connectivity index (χ0v) is 17.3. The highest BCUT2D eigenvalue weighted by molar-refractivity contribution is 7.10. The summed E-state index contributed by atoms with van der Waals surface area (Å²) in [6.07, 6.45) is 1.37. The average Bonchev–Trinajstić information content (AvgIpc) is 3.33. The second-order valence-corrected chi connectivity index (χ2v) is 7.67. The molecule has 0 spiro atoms. The minimum atomic E-state index is -0.295. The number of aromatic nitrogens is 1. The Kier molecular flexibility index (Phi) is 7.51. The number of hydrogen-bond acceptors (Lipinski definition) is 6. The number of ether oxygens (including phenoxy) is 1. The summed E-state index contributed by atoms with van der Waals surface area (Å²) < 4.78 is 23.7. The number of thiophene rings is 1. The van der Waals surface area contributed by atoms with Gasteiger partial charge in [-0.05, 0) is 41.6 Å². The Labute approximate surface area is 173 Å². The van der Waals surface area contributed by atoms with Gasteiger partial charge in [0.25, 0.3) is 5.91 Å². The van der Waals surface area contributed by atoms with Crippen molar-refractivity contribution < 1.29 is 18.3 Å². The quantitative estimate of drug-likeness (QED) is 0.509. The van der Waals surface area contributed by atoms with E-state index in [2.05, 4.69) is 33.6 Å². The maximum absolute atomic E-state index is 13.2. The predicted molar refractivity (Wildman–Crippen MR) is 109 cm³/mol. The van der Waals surface area contributed by atoms with Crippen molar-refractivity contribution in [2.24, 2.45) is 0 Å². The van der Waals surface area contributed by atoms with E-state index in [1.165, 1.54) is 28.8 Å². The first-order valence-electron chi connectivity index (χ1n) is 9.26. The first kappa shape index (κ1) is 21.2. The summed E-state index contributed by atoms with van der Waals surface area (Å²) in [5.41, 5.74) is 2.46. The van der Waals surface area contributed by atoms with E-state index >= 15 is 0 Å². The van der Waals surface area contributed by atoms with Gasteiger partial charge in [-0.1, -0.05) is 12.1 Å². The van der Waals surface area contributed by atoms with E-state index in [9.17, 15) is 9.18 Å². The van der Waals surface area contributed by atoms with Gasteiger partial charge in [-0.2, -0.15) is 0 Å². The third-order valence-electron chi connectivity index (χ3n) is 4.39. The number of benzene rings is 1. The number of amides is 1. The maximum atomic E-state index is 13.2. The maximum Gasteiger partial charge on any atom is 0.273 e. The molecule has 29 heavy (non-hydrogen) atoms. The molecule has 0 saturated carbocycles. The lowest BCUT2D eigenvalue weighted by atomic mass is 10.2. The lowest BCUT2D eigenvalue weighted by molar-refractivity contribution is 0.0932. The topological polar surface area (TPSA) is 67.6 Å². The van der Waals surface area contributed by atoms with Crippen LogP contribution in [0.2, 0.25) is 0 Å². The molecule has 2 heterocycles. The van der Waals surface area contributed by atoms with Crippen molar-refractivity contribution >= 4 is 17.2 Å². The molecule has 1 amide bonds. The van der Waals surface area contributed by atoms with E-state index in [0.29, 0.717) is 38.7 Å². The van der Waals surface area contributed by atoms with Gasteiger partial charge in [-0.3, -0.25) is 9.69 Å². The standard InChI is InChI=1S/C21H24FN3O3S/c1-15-7-10-29-19(15)12-25(11-16-3-5-17(22)6-4-16)13-20-24-18(14-28-20)21(26)23-8-9-27-2/h3-7,10,14H,8-9,11-13H2,1-2H3,(H,23,26). The molecule has 2 aromatic heterocycles. The average molecular weight is 418 g/mol. The van der Waals surface area contributed by atoms with Crippen LogP contribution in [0.25, 0.3) is 0 Å². The Balaban J connectivity index is 1.70. The van der Waals surface area contributed by atoms with Crippen LogP contribution in [-0.2, 0) is 24.4 Å². The third kappa shape index (κ3) is 6.22. The molecule has 1 N–H and O–H groups in total. The Morgan fingerprint density at radius 2 is 2.03 bits per heavy atom. The van der Waals surface area contributed by atoms with Crippen LogP contribution in [0.3, 0.4) is 0 Å². The fraction of sp³-hybridized carbons (Fsp3) is 0.333. The lowest BCUT2D eigenvalue weighted by Crippen LogP contribution is -2.27. The molecule has 0 aliphatic heterocycles. The van der Waals surface area contributed by atoms with Crippen LogP contribution in [0, 0.1) is 12.7 Å². The monoisotopic (exact) mass is 417 g/mol. The van der Waals surface area contributed by atoms with E-state index in [0.717, 1.165) is 5.56 Å². The Morgan fingerprint density at radius 1 is 1.24 bits per heavy atom. The number of nitrogens with zero attached hydrogens (tertiary/aromatic N) is 2. The molecule has 0 fully saturated rings. The van der Waals surface area contributed by atoms with Gasteiger partial charge in [0.15, 0.2) is 5.69 Å². The molecule has 0 unspecified atom stereocenters. The second kappa shape index (κ2) is 10.3. The molecule has 1 aromatic carbocycles. The van der Waals surface area contributed by atoms with E-state index in [1.54, 1.807) is 30.6 Å². The van der Waals surface area contributed by atoms with Crippen LogP contribution in [0.1, 0.15) is 32.4 Å². The molecule has 0 saturated heterocycles. The van der Waals surface area contributed by atoms with E-state index < -0.39 is 0 Å². The molecule has 0 aliphatic carbocycles. The van der Waals surface area contributed by atoms with Crippen molar-refractivity contribution in [2.45, 2.75) is 26.6 Å².